The maximum absolute atomic E-state index is 12.0. The molecule has 0 aromatic rings. The molecule has 1 amide bonds. The highest BCUT2D eigenvalue weighted by Gasteiger charge is 2.29. The molecule has 90 valence electrons. The number of aliphatic carboxylic acids is 1. The Morgan fingerprint density at radius 2 is 1.94 bits per heavy atom. The van der Waals surface area contributed by atoms with Gasteiger partial charge in [0.1, 0.15) is 0 Å². The van der Waals surface area contributed by atoms with Crippen LogP contribution in [0.2, 0.25) is 0 Å². The van der Waals surface area contributed by atoms with Crippen molar-refractivity contribution in [3.8, 4) is 0 Å². The number of nitrogens with zero attached hydrogens (tertiary/aromatic N) is 1. The molecule has 1 fully saturated rings. The van der Waals surface area contributed by atoms with Crippen LogP contribution < -0.4 is 0 Å². The van der Waals surface area contributed by atoms with Gasteiger partial charge in [-0.25, -0.2) is 4.79 Å². The summed E-state index contributed by atoms with van der Waals surface area (Å²) in [7, 11) is 0. The lowest BCUT2D eigenvalue weighted by Gasteiger charge is -2.23. The van der Waals surface area contributed by atoms with E-state index in [1.165, 1.54) is 13.8 Å². The molecule has 0 radical (unpaired) electrons. The highest BCUT2D eigenvalue weighted by molar-refractivity contribution is 6.01. The Balaban J connectivity index is 2.86. The van der Waals surface area contributed by atoms with Crippen molar-refractivity contribution in [1.82, 2.24) is 4.90 Å². The Labute approximate surface area is 94.4 Å². The number of carbonyl (C=O) groups is 2. The maximum Gasteiger partial charge on any atom is 0.331 e. The minimum absolute atomic E-state index is 0.0635. The molecule has 1 aliphatic rings. The number of amides is 1. The average Bonchev–Trinajstić information content (AvgIpc) is 2.73. The van der Waals surface area contributed by atoms with Gasteiger partial charge >= 0.3 is 5.97 Å². The van der Waals surface area contributed by atoms with Gasteiger partial charge in [0.2, 0.25) is 5.91 Å². The van der Waals surface area contributed by atoms with E-state index in [-0.39, 0.29) is 29.7 Å². The molecule has 0 spiro atoms. The molecule has 1 saturated heterocycles. The molecule has 0 aromatic carbocycles. The Bertz CT molecular complexity index is 335. The number of rotatable bonds is 3. The molecule has 0 bridgehead atoms. The van der Waals surface area contributed by atoms with E-state index in [4.69, 9.17) is 10.2 Å². The predicted molar refractivity (Wildman–Crippen MR) is 57.8 cm³/mol. The standard InChI is InChI=1S/C11H17NO4/c1-7(8(2)11(15)16)10(14)12-5-3-4-9(12)6-13/h9,13H,3-6H2,1-2H3,(H,15,16)/t9-/m0/s1. The number of aliphatic hydroxyl groups excluding tert-OH is 1. The molecule has 0 saturated carbocycles. The van der Waals surface area contributed by atoms with Gasteiger partial charge in [0.25, 0.3) is 0 Å². The van der Waals surface area contributed by atoms with Crippen molar-refractivity contribution < 1.29 is 19.8 Å². The lowest BCUT2D eigenvalue weighted by molar-refractivity contribution is -0.134. The number of likely N-dealkylation sites (tertiary alicyclic amines) is 1. The van der Waals surface area contributed by atoms with Crippen LogP contribution in [0.4, 0.5) is 0 Å². The summed E-state index contributed by atoms with van der Waals surface area (Å²) in [4.78, 5) is 24.2. The van der Waals surface area contributed by atoms with Crippen LogP contribution in [0.5, 0.6) is 0 Å². The summed E-state index contributed by atoms with van der Waals surface area (Å²) in [5.74, 6) is -1.36. The molecule has 5 nitrogen and oxygen atoms in total. The second-order valence-electron chi connectivity index (χ2n) is 4.03. The van der Waals surface area contributed by atoms with Gasteiger partial charge in [-0.2, -0.15) is 0 Å². The van der Waals surface area contributed by atoms with Crippen LogP contribution in [0.1, 0.15) is 26.7 Å². The van der Waals surface area contributed by atoms with Gasteiger partial charge in [0.05, 0.1) is 12.6 Å². The van der Waals surface area contributed by atoms with Crippen LogP contribution in [0.25, 0.3) is 0 Å². The summed E-state index contributed by atoms with van der Waals surface area (Å²) in [6.45, 7) is 3.46. The Morgan fingerprint density at radius 3 is 2.44 bits per heavy atom. The van der Waals surface area contributed by atoms with Gasteiger partial charge in [-0.15, -0.1) is 0 Å². The highest BCUT2D eigenvalue weighted by atomic mass is 16.4. The summed E-state index contributed by atoms with van der Waals surface area (Å²) in [6, 6.07) is -0.163. The Kier molecular flexibility index (Phi) is 4.06. The molecule has 2 N–H and O–H groups in total. The molecule has 0 unspecified atom stereocenters. The summed E-state index contributed by atoms with van der Waals surface area (Å²) < 4.78 is 0. The highest BCUT2D eigenvalue weighted by Crippen LogP contribution is 2.20. The second-order valence-corrected chi connectivity index (χ2v) is 4.03. The van der Waals surface area contributed by atoms with Gasteiger partial charge < -0.3 is 15.1 Å². The van der Waals surface area contributed by atoms with Crippen molar-refractivity contribution in [2.24, 2.45) is 0 Å². The minimum atomic E-state index is -1.08. The average molecular weight is 227 g/mol. The normalized spacial score (nSPS) is 21.9. The monoisotopic (exact) mass is 227 g/mol. The molecular weight excluding hydrogens is 210 g/mol. The Morgan fingerprint density at radius 1 is 1.31 bits per heavy atom. The number of carboxylic acid groups (broad SMARTS) is 1. The fourth-order valence-electron chi connectivity index (χ4n) is 1.83. The van der Waals surface area contributed by atoms with Gasteiger partial charge in [0.15, 0.2) is 0 Å². The van der Waals surface area contributed by atoms with Crippen LogP contribution >= 0.6 is 0 Å². The van der Waals surface area contributed by atoms with E-state index >= 15 is 0 Å². The summed E-state index contributed by atoms with van der Waals surface area (Å²) >= 11 is 0. The van der Waals surface area contributed by atoms with Crippen molar-refractivity contribution in [2.75, 3.05) is 13.2 Å². The third kappa shape index (κ3) is 2.41. The van der Waals surface area contributed by atoms with Gasteiger partial charge in [0, 0.05) is 17.7 Å². The van der Waals surface area contributed by atoms with Crippen LogP contribution in [0, 0.1) is 0 Å². The van der Waals surface area contributed by atoms with Gasteiger partial charge in [-0.05, 0) is 26.7 Å². The smallest absolute Gasteiger partial charge is 0.331 e. The first kappa shape index (κ1) is 12.7. The molecular formula is C11H17NO4. The molecule has 1 atom stereocenters. The van der Waals surface area contributed by atoms with E-state index in [0.717, 1.165) is 12.8 Å². The number of hydrogen-bond donors (Lipinski definition) is 2. The summed E-state index contributed by atoms with van der Waals surface area (Å²) in [6.07, 6.45) is 1.64. The fraction of sp³-hybridized carbons (Fsp3) is 0.636. The van der Waals surface area contributed by atoms with Crippen molar-refractivity contribution in [3.05, 3.63) is 11.1 Å². The molecule has 1 rings (SSSR count). The second kappa shape index (κ2) is 5.12. The fourth-order valence-corrected chi connectivity index (χ4v) is 1.83. The van der Waals surface area contributed by atoms with E-state index in [0.29, 0.717) is 6.54 Å². The minimum Gasteiger partial charge on any atom is -0.478 e. The van der Waals surface area contributed by atoms with Gasteiger partial charge in [-0.3, -0.25) is 4.79 Å². The molecule has 1 aliphatic heterocycles. The van der Waals surface area contributed by atoms with E-state index in [2.05, 4.69) is 0 Å². The van der Waals surface area contributed by atoms with Crippen molar-refractivity contribution >= 4 is 11.9 Å². The Hall–Kier alpha value is -1.36. The van der Waals surface area contributed by atoms with E-state index in [1.54, 1.807) is 4.90 Å². The lowest BCUT2D eigenvalue weighted by atomic mass is 10.1. The van der Waals surface area contributed by atoms with Crippen molar-refractivity contribution in [1.29, 1.82) is 0 Å². The number of aliphatic hydroxyl groups is 1. The SMILES string of the molecule is CC(C(=O)O)=C(C)C(=O)N1CCC[C@H]1CO. The zero-order chi connectivity index (χ0) is 12.3. The van der Waals surface area contributed by atoms with E-state index in [1.807, 2.05) is 0 Å². The summed E-state index contributed by atoms with van der Waals surface area (Å²) in [5.41, 5.74) is 0.307. The molecule has 5 heteroatoms. The van der Waals surface area contributed by atoms with Crippen LogP contribution in [0.3, 0.4) is 0 Å². The first-order valence-electron chi connectivity index (χ1n) is 5.31. The number of carboxylic acids is 1. The number of carbonyl (C=O) groups excluding carboxylic acids is 1. The third-order valence-corrected chi connectivity index (χ3v) is 3.05. The third-order valence-electron chi connectivity index (χ3n) is 3.05. The zero-order valence-corrected chi connectivity index (χ0v) is 9.56. The molecule has 16 heavy (non-hydrogen) atoms. The lowest BCUT2D eigenvalue weighted by Crippen LogP contribution is -2.38. The predicted octanol–water partition coefficient (Wildman–Crippen LogP) is 0.391. The number of hydrogen-bond acceptors (Lipinski definition) is 3. The maximum atomic E-state index is 12.0. The molecule has 1 heterocycles. The summed E-state index contributed by atoms with van der Waals surface area (Å²) in [5, 5.41) is 17.9. The zero-order valence-electron chi connectivity index (χ0n) is 9.56. The van der Waals surface area contributed by atoms with Crippen molar-refractivity contribution in [3.63, 3.8) is 0 Å². The topological polar surface area (TPSA) is 77.8 Å². The van der Waals surface area contributed by atoms with Crippen LogP contribution in [-0.2, 0) is 9.59 Å². The van der Waals surface area contributed by atoms with Gasteiger partial charge in [-0.1, -0.05) is 0 Å². The van der Waals surface area contributed by atoms with E-state index < -0.39 is 5.97 Å². The first-order chi connectivity index (χ1) is 7.49. The van der Waals surface area contributed by atoms with Crippen LogP contribution in [0.15, 0.2) is 11.1 Å². The quantitative estimate of drug-likeness (QED) is 0.684. The van der Waals surface area contributed by atoms with Crippen LogP contribution in [-0.4, -0.2) is 46.2 Å². The molecule has 0 aliphatic carbocycles. The largest absolute Gasteiger partial charge is 0.478 e. The first-order valence-corrected chi connectivity index (χ1v) is 5.31. The van der Waals surface area contributed by atoms with E-state index in [9.17, 15) is 9.59 Å². The molecule has 0 aromatic heterocycles. The van der Waals surface area contributed by atoms with Crippen molar-refractivity contribution in [2.45, 2.75) is 32.7 Å².